The Balaban J connectivity index is 1.25. The highest BCUT2D eigenvalue weighted by Crippen LogP contribution is 2.52. The number of hydrogen-bond donors (Lipinski definition) is 1. The minimum absolute atomic E-state index is 0.00439. The van der Waals surface area contributed by atoms with Gasteiger partial charge in [0.05, 0.1) is 31.1 Å². The highest BCUT2D eigenvalue weighted by atomic mass is 16.6. The molecule has 3 fully saturated rings. The number of nitrogens with zero attached hydrogens (tertiary/aromatic N) is 8. The van der Waals surface area contributed by atoms with Crippen LogP contribution < -0.4 is 10.2 Å². The second kappa shape index (κ2) is 10.3. The van der Waals surface area contributed by atoms with Crippen LogP contribution in [0.3, 0.4) is 0 Å². The van der Waals surface area contributed by atoms with Crippen LogP contribution in [-0.2, 0) is 9.53 Å². The fraction of sp³-hybridized carbons (Fsp3) is 0.667. The first-order chi connectivity index (χ1) is 18.5. The van der Waals surface area contributed by atoms with E-state index in [0.717, 1.165) is 45.0 Å². The maximum Gasteiger partial charge on any atom is 0.417 e. The molecular weight excluding hydrogens is 498 g/mol. The Morgan fingerprint density at radius 2 is 2.00 bits per heavy atom. The van der Waals surface area contributed by atoms with Crippen molar-refractivity contribution in [3.63, 3.8) is 0 Å². The summed E-state index contributed by atoms with van der Waals surface area (Å²) in [7, 11) is 2.07. The third kappa shape index (κ3) is 5.26. The van der Waals surface area contributed by atoms with Crippen molar-refractivity contribution in [3.8, 4) is 0 Å². The van der Waals surface area contributed by atoms with Crippen LogP contribution >= 0.6 is 0 Å². The van der Waals surface area contributed by atoms with Gasteiger partial charge in [0.2, 0.25) is 17.8 Å². The van der Waals surface area contributed by atoms with E-state index in [-0.39, 0.29) is 36.0 Å². The Morgan fingerprint density at radius 1 is 1.26 bits per heavy atom. The van der Waals surface area contributed by atoms with Crippen molar-refractivity contribution in [2.75, 3.05) is 50.2 Å². The molecule has 1 spiro atoms. The summed E-state index contributed by atoms with van der Waals surface area (Å²) in [5.41, 5.74) is 0.708. The Bertz CT molecular complexity index is 1170. The number of nitrogens with one attached hydrogen (secondary N) is 1. The van der Waals surface area contributed by atoms with Gasteiger partial charge in [-0.05, 0) is 45.6 Å². The molecule has 2 saturated heterocycles. The normalized spacial score (nSPS) is 25.3. The molecule has 0 unspecified atom stereocenters. The largest absolute Gasteiger partial charge is 0.440 e. The van der Waals surface area contributed by atoms with E-state index in [1.807, 2.05) is 11.8 Å². The van der Waals surface area contributed by atoms with Gasteiger partial charge in [-0.3, -0.25) is 9.69 Å². The predicted molar refractivity (Wildman–Crippen MR) is 148 cm³/mol. The molecule has 1 aliphatic carbocycles. The molecule has 0 aromatic carbocycles. The fourth-order valence-corrected chi connectivity index (χ4v) is 6.24. The molecule has 12 nitrogen and oxygen atoms in total. The van der Waals surface area contributed by atoms with Gasteiger partial charge in [-0.25, -0.2) is 9.69 Å². The van der Waals surface area contributed by atoms with Gasteiger partial charge in [-0.1, -0.05) is 20.4 Å². The van der Waals surface area contributed by atoms with E-state index in [0.29, 0.717) is 24.3 Å². The van der Waals surface area contributed by atoms with E-state index in [9.17, 15) is 9.59 Å². The summed E-state index contributed by atoms with van der Waals surface area (Å²) in [5, 5.41) is 3.43. The summed E-state index contributed by atoms with van der Waals surface area (Å²) in [6.07, 6.45) is 4.94. The second-order valence-corrected chi connectivity index (χ2v) is 11.6. The number of ether oxygens (including phenoxy) is 1. The molecule has 12 heteroatoms. The van der Waals surface area contributed by atoms with Gasteiger partial charge in [0, 0.05) is 38.9 Å². The summed E-state index contributed by atoms with van der Waals surface area (Å²) in [6.45, 7) is 17.7. The molecule has 1 aromatic heterocycles. The van der Waals surface area contributed by atoms with E-state index < -0.39 is 5.60 Å². The molecular formula is C27H41N9O3. The van der Waals surface area contributed by atoms with Gasteiger partial charge in [-0.2, -0.15) is 15.0 Å². The SMILES string of the molecule is C=CC(=O)N1CCN(CN2C=C([C@H](C)Nc3nc(C)nc(N4C(=O)OC5(CC5)[C@@H]4C(C)C)n3)N(C)C2)C[C@@H]1C. The number of rotatable bonds is 8. The number of likely N-dealkylation sites (N-methyl/N-ethyl adjacent to an activating group) is 1. The van der Waals surface area contributed by atoms with Crippen LogP contribution in [0, 0.1) is 12.8 Å². The standard InChI is InChI=1S/C27H41N9O3/c1-8-22(37)35-12-11-33(13-18(35)4)16-34-14-21(32(7)15-34)19(5)28-24-29-20(6)30-25(31-24)36-23(17(2)3)27(9-10-27)39-26(36)38/h8,14,17-19,23H,1,9-13,15-16H2,2-7H3,(H,28,29,30,31)/t18-,19-,23-/m0/s1. The average Bonchev–Trinajstić information content (AvgIpc) is 3.43. The zero-order valence-electron chi connectivity index (χ0n) is 23.9. The highest BCUT2D eigenvalue weighted by molar-refractivity contribution is 5.90. The van der Waals surface area contributed by atoms with Crippen LogP contribution in [0.1, 0.15) is 46.4 Å². The van der Waals surface area contributed by atoms with Crippen LogP contribution in [-0.4, -0.2) is 110 Å². The van der Waals surface area contributed by atoms with E-state index in [4.69, 9.17) is 4.74 Å². The van der Waals surface area contributed by atoms with Gasteiger partial charge >= 0.3 is 6.09 Å². The molecule has 0 bridgehead atoms. The molecule has 3 atom stereocenters. The molecule has 39 heavy (non-hydrogen) atoms. The molecule has 4 heterocycles. The number of anilines is 2. The highest BCUT2D eigenvalue weighted by Gasteiger charge is 2.63. The van der Waals surface area contributed by atoms with Gasteiger partial charge in [0.1, 0.15) is 11.4 Å². The molecule has 3 aliphatic heterocycles. The Morgan fingerprint density at radius 3 is 2.64 bits per heavy atom. The summed E-state index contributed by atoms with van der Waals surface area (Å²) in [4.78, 5) is 49.0. The summed E-state index contributed by atoms with van der Waals surface area (Å²) < 4.78 is 5.78. The lowest BCUT2D eigenvalue weighted by atomic mass is 9.96. The lowest BCUT2D eigenvalue weighted by molar-refractivity contribution is -0.130. The van der Waals surface area contributed by atoms with E-state index in [1.54, 1.807) is 4.90 Å². The zero-order valence-corrected chi connectivity index (χ0v) is 23.9. The lowest BCUT2D eigenvalue weighted by Gasteiger charge is -2.40. The number of aryl methyl sites for hydroxylation is 1. The summed E-state index contributed by atoms with van der Waals surface area (Å²) in [6, 6.07) is -0.0153. The number of carbonyl (C=O) groups is 2. The monoisotopic (exact) mass is 539 g/mol. The van der Waals surface area contributed by atoms with Crippen molar-refractivity contribution in [2.24, 2.45) is 5.92 Å². The molecule has 2 amide bonds. The van der Waals surface area contributed by atoms with Crippen LogP contribution in [0.25, 0.3) is 0 Å². The van der Waals surface area contributed by atoms with Crippen molar-refractivity contribution in [2.45, 2.75) is 71.2 Å². The quantitative estimate of drug-likeness (QED) is 0.494. The topological polar surface area (TPSA) is 110 Å². The second-order valence-electron chi connectivity index (χ2n) is 11.6. The third-order valence-electron chi connectivity index (χ3n) is 8.12. The molecule has 5 rings (SSSR count). The maximum atomic E-state index is 12.9. The third-order valence-corrected chi connectivity index (χ3v) is 8.12. The molecule has 1 N–H and O–H groups in total. The molecule has 1 aromatic rings. The van der Waals surface area contributed by atoms with E-state index in [2.05, 4.69) is 82.5 Å². The first kappa shape index (κ1) is 27.2. The van der Waals surface area contributed by atoms with Crippen LogP contribution in [0.2, 0.25) is 0 Å². The van der Waals surface area contributed by atoms with E-state index >= 15 is 0 Å². The van der Waals surface area contributed by atoms with Gasteiger partial charge < -0.3 is 24.8 Å². The molecule has 0 radical (unpaired) electrons. The lowest BCUT2D eigenvalue weighted by Crippen LogP contribution is -2.55. The Labute approximate surface area is 230 Å². The van der Waals surface area contributed by atoms with Crippen LogP contribution in [0.5, 0.6) is 0 Å². The number of aromatic nitrogens is 3. The Kier molecular flexibility index (Phi) is 7.17. The van der Waals surface area contributed by atoms with Crippen LogP contribution in [0.15, 0.2) is 24.6 Å². The van der Waals surface area contributed by atoms with Gasteiger partial charge in [0.15, 0.2) is 0 Å². The number of hydrogen-bond acceptors (Lipinski definition) is 10. The predicted octanol–water partition coefficient (Wildman–Crippen LogP) is 2.22. The number of carbonyl (C=O) groups excluding carboxylic acids is 2. The maximum absolute atomic E-state index is 12.9. The van der Waals surface area contributed by atoms with Crippen molar-refractivity contribution in [3.05, 3.63) is 30.4 Å². The Hall–Kier alpha value is -3.41. The van der Waals surface area contributed by atoms with Crippen molar-refractivity contribution < 1.29 is 14.3 Å². The number of amides is 2. The van der Waals surface area contributed by atoms with E-state index in [1.165, 1.54) is 6.08 Å². The van der Waals surface area contributed by atoms with Gasteiger partial charge in [0.25, 0.3) is 0 Å². The van der Waals surface area contributed by atoms with Crippen molar-refractivity contribution in [1.29, 1.82) is 0 Å². The van der Waals surface area contributed by atoms with Crippen LogP contribution in [0.4, 0.5) is 16.7 Å². The first-order valence-corrected chi connectivity index (χ1v) is 13.8. The summed E-state index contributed by atoms with van der Waals surface area (Å²) >= 11 is 0. The molecule has 212 valence electrons. The first-order valence-electron chi connectivity index (χ1n) is 13.8. The van der Waals surface area contributed by atoms with Crippen molar-refractivity contribution in [1.82, 2.24) is 34.6 Å². The minimum atomic E-state index is -0.404. The molecule has 4 aliphatic rings. The fourth-order valence-electron chi connectivity index (χ4n) is 6.24. The van der Waals surface area contributed by atoms with Gasteiger partial charge in [-0.15, -0.1) is 0 Å². The zero-order chi connectivity index (χ0) is 28.1. The average molecular weight is 540 g/mol. The van der Waals surface area contributed by atoms with Crippen molar-refractivity contribution >= 4 is 23.9 Å². The summed E-state index contributed by atoms with van der Waals surface area (Å²) in [5.74, 6) is 1.52. The number of piperazine rings is 1. The smallest absolute Gasteiger partial charge is 0.417 e. The minimum Gasteiger partial charge on any atom is -0.440 e. The molecule has 1 saturated carbocycles.